The van der Waals surface area contributed by atoms with Crippen LogP contribution < -0.4 is 10.6 Å². The summed E-state index contributed by atoms with van der Waals surface area (Å²) in [5.41, 5.74) is 5.65. The summed E-state index contributed by atoms with van der Waals surface area (Å²) in [6.45, 7) is 1.72. The van der Waals surface area contributed by atoms with Gasteiger partial charge in [0.25, 0.3) is 0 Å². The van der Waals surface area contributed by atoms with Gasteiger partial charge in [-0.1, -0.05) is 6.07 Å². The molecule has 0 saturated heterocycles. The second-order valence-corrected chi connectivity index (χ2v) is 3.73. The van der Waals surface area contributed by atoms with E-state index in [0.29, 0.717) is 31.9 Å². The molecular weight excluding hydrogens is 234 g/mol. The van der Waals surface area contributed by atoms with Gasteiger partial charge in [-0.2, -0.15) is 0 Å². The Bertz CT molecular complexity index is 385. The van der Waals surface area contributed by atoms with E-state index in [4.69, 9.17) is 10.5 Å². The summed E-state index contributed by atoms with van der Waals surface area (Å²) in [6, 6.07) is 5.40. The van der Waals surface area contributed by atoms with Gasteiger partial charge in [0.05, 0.1) is 20.1 Å². The molecule has 0 fully saturated rings. The van der Waals surface area contributed by atoms with E-state index >= 15 is 0 Å². The maximum absolute atomic E-state index is 11.2. The molecule has 0 radical (unpaired) electrons. The number of pyridine rings is 1. The van der Waals surface area contributed by atoms with Crippen LogP contribution in [-0.4, -0.2) is 44.9 Å². The first kappa shape index (κ1) is 14.2. The topological polar surface area (TPSA) is 77.7 Å². The van der Waals surface area contributed by atoms with Crippen LogP contribution in [0.1, 0.15) is 6.42 Å². The summed E-state index contributed by atoms with van der Waals surface area (Å²) < 4.78 is 9.66. The molecule has 6 heteroatoms. The average molecular weight is 253 g/mol. The standard InChI is InChI=1S/C12H19N3O3/c1-17-9-8-15(7-6-12(16)18-2)11-5-3-4-10(13)14-11/h3-5H,6-9H2,1-2H3,(H2,13,14). The molecule has 1 rings (SSSR count). The molecule has 6 nitrogen and oxygen atoms in total. The summed E-state index contributed by atoms with van der Waals surface area (Å²) in [5, 5.41) is 0. The monoisotopic (exact) mass is 253 g/mol. The lowest BCUT2D eigenvalue weighted by Crippen LogP contribution is -2.30. The van der Waals surface area contributed by atoms with E-state index < -0.39 is 0 Å². The maximum atomic E-state index is 11.2. The number of aromatic nitrogens is 1. The molecule has 0 aliphatic carbocycles. The number of hydrogen-bond donors (Lipinski definition) is 1. The lowest BCUT2D eigenvalue weighted by Gasteiger charge is -2.23. The molecule has 0 spiro atoms. The van der Waals surface area contributed by atoms with E-state index in [-0.39, 0.29) is 5.97 Å². The molecule has 18 heavy (non-hydrogen) atoms. The van der Waals surface area contributed by atoms with Crippen LogP contribution in [0.4, 0.5) is 11.6 Å². The third-order valence-electron chi connectivity index (χ3n) is 2.46. The Hall–Kier alpha value is -1.82. The van der Waals surface area contributed by atoms with E-state index in [1.165, 1.54) is 7.11 Å². The molecule has 0 unspecified atom stereocenters. The normalized spacial score (nSPS) is 10.1. The maximum Gasteiger partial charge on any atom is 0.307 e. The zero-order valence-electron chi connectivity index (χ0n) is 10.8. The van der Waals surface area contributed by atoms with Crippen LogP contribution >= 0.6 is 0 Å². The summed E-state index contributed by atoms with van der Waals surface area (Å²) in [7, 11) is 3.01. The van der Waals surface area contributed by atoms with Gasteiger partial charge >= 0.3 is 5.97 Å². The van der Waals surface area contributed by atoms with Crippen LogP contribution in [0.5, 0.6) is 0 Å². The first-order valence-electron chi connectivity index (χ1n) is 5.70. The Labute approximate surface area is 107 Å². The fourth-order valence-corrected chi connectivity index (χ4v) is 1.49. The van der Waals surface area contributed by atoms with Crippen LogP contribution in [-0.2, 0) is 14.3 Å². The predicted molar refractivity (Wildman–Crippen MR) is 69.4 cm³/mol. The zero-order chi connectivity index (χ0) is 13.4. The lowest BCUT2D eigenvalue weighted by atomic mass is 10.3. The highest BCUT2D eigenvalue weighted by Gasteiger charge is 2.10. The summed E-state index contributed by atoms with van der Waals surface area (Å²) in [4.78, 5) is 17.3. The van der Waals surface area contributed by atoms with Crippen molar-refractivity contribution in [3.63, 3.8) is 0 Å². The summed E-state index contributed by atoms with van der Waals surface area (Å²) in [5.74, 6) is 0.935. The van der Waals surface area contributed by atoms with Crippen LogP contribution in [0.15, 0.2) is 18.2 Å². The molecule has 0 aromatic carbocycles. The van der Waals surface area contributed by atoms with Crippen molar-refractivity contribution >= 4 is 17.6 Å². The Morgan fingerprint density at radius 3 is 2.78 bits per heavy atom. The molecule has 2 N–H and O–H groups in total. The summed E-state index contributed by atoms with van der Waals surface area (Å²) in [6.07, 6.45) is 0.302. The van der Waals surface area contributed by atoms with Crippen molar-refractivity contribution in [3.8, 4) is 0 Å². The van der Waals surface area contributed by atoms with Crippen LogP contribution in [0.2, 0.25) is 0 Å². The number of nitrogens with zero attached hydrogens (tertiary/aromatic N) is 2. The number of esters is 1. The summed E-state index contributed by atoms with van der Waals surface area (Å²) >= 11 is 0. The number of rotatable bonds is 7. The highest BCUT2D eigenvalue weighted by molar-refractivity contribution is 5.69. The van der Waals surface area contributed by atoms with Gasteiger partial charge in [-0.15, -0.1) is 0 Å². The lowest BCUT2D eigenvalue weighted by molar-refractivity contribution is -0.140. The number of methoxy groups -OCH3 is 2. The fraction of sp³-hybridized carbons (Fsp3) is 0.500. The van der Waals surface area contributed by atoms with Gasteiger partial charge in [0.1, 0.15) is 11.6 Å². The average Bonchev–Trinajstić information content (AvgIpc) is 2.38. The quantitative estimate of drug-likeness (QED) is 0.720. The van der Waals surface area contributed by atoms with Gasteiger partial charge in [-0.25, -0.2) is 4.98 Å². The Morgan fingerprint density at radius 1 is 1.39 bits per heavy atom. The predicted octanol–water partition coefficient (Wildman–Crippen LogP) is 0.680. The second-order valence-electron chi connectivity index (χ2n) is 3.73. The van der Waals surface area contributed by atoms with Crippen LogP contribution in [0, 0.1) is 0 Å². The van der Waals surface area contributed by atoms with Crippen molar-refractivity contribution in [2.45, 2.75) is 6.42 Å². The molecule has 1 aromatic rings. The highest BCUT2D eigenvalue weighted by Crippen LogP contribution is 2.12. The fourth-order valence-electron chi connectivity index (χ4n) is 1.49. The van der Waals surface area contributed by atoms with Gasteiger partial charge in [0.15, 0.2) is 0 Å². The molecule has 100 valence electrons. The molecular formula is C12H19N3O3. The van der Waals surface area contributed by atoms with Gasteiger partial charge in [0.2, 0.25) is 0 Å². The van der Waals surface area contributed by atoms with Gasteiger partial charge in [-0.3, -0.25) is 4.79 Å². The minimum absolute atomic E-state index is 0.249. The first-order valence-corrected chi connectivity index (χ1v) is 5.70. The van der Waals surface area contributed by atoms with Gasteiger partial charge in [-0.05, 0) is 12.1 Å². The molecule has 0 bridgehead atoms. The van der Waals surface area contributed by atoms with Gasteiger partial charge in [0, 0.05) is 20.2 Å². The van der Waals surface area contributed by atoms with Crippen molar-refractivity contribution in [2.24, 2.45) is 0 Å². The smallest absolute Gasteiger partial charge is 0.307 e. The molecule has 1 heterocycles. The zero-order valence-corrected chi connectivity index (χ0v) is 10.8. The molecule has 0 atom stereocenters. The third-order valence-corrected chi connectivity index (χ3v) is 2.46. The molecule has 1 aromatic heterocycles. The number of ether oxygens (including phenoxy) is 2. The first-order chi connectivity index (χ1) is 8.67. The van der Waals surface area contributed by atoms with E-state index in [2.05, 4.69) is 9.72 Å². The van der Waals surface area contributed by atoms with Crippen LogP contribution in [0.25, 0.3) is 0 Å². The number of hydrogen-bond acceptors (Lipinski definition) is 6. The SMILES string of the molecule is COCCN(CCC(=O)OC)c1cccc(N)n1. The minimum Gasteiger partial charge on any atom is -0.469 e. The van der Waals surface area contributed by atoms with E-state index in [1.54, 1.807) is 13.2 Å². The van der Waals surface area contributed by atoms with E-state index in [1.807, 2.05) is 17.0 Å². The van der Waals surface area contributed by atoms with E-state index in [9.17, 15) is 4.79 Å². The van der Waals surface area contributed by atoms with Crippen molar-refractivity contribution in [1.82, 2.24) is 4.98 Å². The number of anilines is 2. The molecule has 0 saturated carbocycles. The Morgan fingerprint density at radius 2 is 2.17 bits per heavy atom. The van der Waals surface area contributed by atoms with Crippen molar-refractivity contribution < 1.29 is 14.3 Å². The largest absolute Gasteiger partial charge is 0.469 e. The Kier molecular flexibility index (Phi) is 5.93. The second kappa shape index (κ2) is 7.50. The molecule has 0 aliphatic heterocycles. The van der Waals surface area contributed by atoms with Crippen molar-refractivity contribution in [3.05, 3.63) is 18.2 Å². The molecule has 0 aliphatic rings. The molecule has 0 amide bonds. The number of carbonyl (C=O) groups is 1. The van der Waals surface area contributed by atoms with Crippen LogP contribution in [0.3, 0.4) is 0 Å². The highest BCUT2D eigenvalue weighted by atomic mass is 16.5. The number of nitrogen functional groups attached to an aromatic ring is 1. The van der Waals surface area contributed by atoms with Crippen molar-refractivity contribution in [1.29, 1.82) is 0 Å². The number of nitrogens with two attached hydrogens (primary N) is 1. The Balaban J connectivity index is 2.68. The minimum atomic E-state index is -0.249. The van der Waals surface area contributed by atoms with Gasteiger partial charge < -0.3 is 20.1 Å². The van der Waals surface area contributed by atoms with E-state index in [0.717, 1.165) is 5.82 Å². The van der Waals surface area contributed by atoms with Crippen molar-refractivity contribution in [2.75, 3.05) is 44.5 Å². The third kappa shape index (κ3) is 4.58. The number of carbonyl (C=O) groups excluding carboxylic acids is 1.